The van der Waals surface area contributed by atoms with Crippen LogP contribution >= 0.6 is 24.0 Å². The van der Waals surface area contributed by atoms with Gasteiger partial charge < -0.3 is 33.9 Å². The number of esters is 2. The quantitative estimate of drug-likeness (QED) is 0.173. The van der Waals surface area contributed by atoms with Gasteiger partial charge in [-0.2, -0.15) is 10.1 Å². The van der Waals surface area contributed by atoms with Crippen molar-refractivity contribution in [3.8, 4) is 0 Å². The summed E-state index contributed by atoms with van der Waals surface area (Å²) in [5, 5.41) is 14.2. The number of benzene rings is 2. The molecule has 2 fully saturated rings. The minimum atomic E-state index is -0.948. The Morgan fingerprint density at radius 2 is 1.07 bits per heavy atom. The van der Waals surface area contributed by atoms with E-state index in [1.54, 1.807) is 42.2 Å². The van der Waals surface area contributed by atoms with Gasteiger partial charge >= 0.3 is 18.0 Å². The largest absolute Gasteiger partial charge is 0.507 e. The minimum absolute atomic E-state index is 0. The lowest BCUT2D eigenvalue weighted by atomic mass is 9.86. The highest BCUT2D eigenvalue weighted by molar-refractivity contribution is 6.63. The average Bonchev–Trinajstić information content (AvgIpc) is 3.52. The monoisotopic (exact) mass is 847 g/mol. The third-order valence-electron chi connectivity index (χ3n) is 10.7. The van der Waals surface area contributed by atoms with Crippen molar-refractivity contribution in [3.05, 3.63) is 80.3 Å². The number of aliphatic hydroxyl groups is 1. The van der Waals surface area contributed by atoms with Gasteiger partial charge in [0, 0.05) is 71.9 Å². The van der Waals surface area contributed by atoms with E-state index < -0.39 is 29.2 Å². The molecule has 4 heterocycles. The number of nitrogens with zero attached hydrogens (tertiary/aromatic N) is 3. The summed E-state index contributed by atoms with van der Waals surface area (Å²) >= 11 is 4.97. The van der Waals surface area contributed by atoms with Crippen LogP contribution in [0, 0.1) is 47.5 Å². The molecule has 0 radical (unpaired) electrons. The van der Waals surface area contributed by atoms with Crippen LogP contribution in [-0.4, -0.2) is 109 Å². The van der Waals surface area contributed by atoms with E-state index in [2.05, 4.69) is 0 Å². The fourth-order valence-electron chi connectivity index (χ4n) is 7.83. The van der Waals surface area contributed by atoms with Crippen molar-refractivity contribution in [2.75, 3.05) is 54.5 Å². The Hall–Kier alpha value is -3.98. The molecule has 0 aliphatic carbocycles. The van der Waals surface area contributed by atoms with E-state index in [-0.39, 0.29) is 29.3 Å². The molecule has 15 heteroatoms. The number of halogens is 2. The second-order valence-corrected chi connectivity index (χ2v) is 16.1. The zero-order valence-electron chi connectivity index (χ0n) is 35.8. The molecule has 0 saturated carbocycles. The maximum absolute atomic E-state index is 13.0. The lowest BCUT2D eigenvalue weighted by Crippen LogP contribution is -2.46. The van der Waals surface area contributed by atoms with Gasteiger partial charge in [-0.1, -0.05) is 49.2 Å². The molecule has 1 N–H and O–H groups in total. The summed E-state index contributed by atoms with van der Waals surface area (Å²) in [6.07, 6.45) is 1.53. The number of carbonyl (C=O) groups excluding carboxylic acids is 4. The Morgan fingerprint density at radius 1 is 0.724 bits per heavy atom. The molecule has 1 amide bonds. The van der Waals surface area contributed by atoms with Crippen LogP contribution in [0.4, 0.5) is 4.79 Å². The van der Waals surface area contributed by atoms with Gasteiger partial charge in [0.25, 0.3) is 0 Å². The summed E-state index contributed by atoms with van der Waals surface area (Å²) in [5.74, 6) is -0.493. The lowest BCUT2D eigenvalue weighted by Gasteiger charge is -2.37. The van der Waals surface area contributed by atoms with E-state index >= 15 is 0 Å². The summed E-state index contributed by atoms with van der Waals surface area (Å²) in [7, 11) is 6.47. The number of aryl methyl sites for hydroxylation is 6. The van der Waals surface area contributed by atoms with Gasteiger partial charge in [0.1, 0.15) is 11.1 Å². The van der Waals surface area contributed by atoms with Crippen LogP contribution in [0.1, 0.15) is 84.0 Å². The molecule has 0 aromatic heterocycles. The van der Waals surface area contributed by atoms with Crippen LogP contribution in [-0.2, 0) is 38.3 Å². The van der Waals surface area contributed by atoms with Crippen molar-refractivity contribution in [2.24, 2.45) is 5.92 Å². The van der Waals surface area contributed by atoms with Gasteiger partial charge in [-0.05, 0) is 86.5 Å². The number of aliphatic hydroxyl groups excluding tert-OH is 1. The maximum Gasteiger partial charge on any atom is 0.414 e. The number of amides is 1. The van der Waals surface area contributed by atoms with Crippen LogP contribution in [0.15, 0.2) is 35.8 Å². The molecule has 4 aliphatic rings. The Morgan fingerprint density at radius 3 is 1.43 bits per heavy atom. The highest BCUT2D eigenvalue weighted by Crippen LogP contribution is 2.47. The molecule has 320 valence electrons. The smallest absolute Gasteiger partial charge is 0.414 e. The van der Waals surface area contributed by atoms with E-state index in [9.17, 15) is 24.3 Å². The lowest BCUT2D eigenvalue weighted by molar-refractivity contribution is -0.182. The van der Waals surface area contributed by atoms with Gasteiger partial charge in [-0.15, -0.1) is 12.4 Å². The molecule has 2 spiro atoms. The molecule has 6 rings (SSSR count). The van der Waals surface area contributed by atoms with Gasteiger partial charge in [0.15, 0.2) is 22.7 Å². The van der Waals surface area contributed by atoms with Crippen LogP contribution in [0.3, 0.4) is 0 Å². The maximum atomic E-state index is 13.0. The first-order valence-corrected chi connectivity index (χ1v) is 19.6. The van der Waals surface area contributed by atoms with E-state index in [1.165, 1.54) is 4.90 Å². The van der Waals surface area contributed by atoms with Crippen LogP contribution in [0.25, 0.3) is 11.1 Å². The topological polar surface area (TPSA) is 144 Å². The van der Waals surface area contributed by atoms with E-state index in [4.69, 9.17) is 35.5 Å². The average molecular weight is 849 g/mol. The Balaban J connectivity index is 0.000000272. The molecule has 2 aromatic carbocycles. The first kappa shape index (κ1) is 48.4. The number of rotatable bonds is 6. The zero-order valence-corrected chi connectivity index (χ0v) is 37.4. The second kappa shape index (κ2) is 19.8. The Kier molecular flexibility index (Phi) is 16.6. The summed E-state index contributed by atoms with van der Waals surface area (Å²) in [4.78, 5) is 59.7. The molecular weight excluding hydrogens is 789 g/mol. The molecule has 0 unspecified atom stereocenters. The zero-order chi connectivity index (χ0) is 42.6. The van der Waals surface area contributed by atoms with E-state index in [0.29, 0.717) is 68.8 Å². The van der Waals surface area contributed by atoms with Crippen LogP contribution in [0.5, 0.6) is 0 Å². The van der Waals surface area contributed by atoms with Crippen molar-refractivity contribution >= 4 is 58.4 Å². The number of hydroxylamine groups is 4. The normalized spacial score (nSPS) is 18.6. The van der Waals surface area contributed by atoms with E-state index in [1.807, 2.05) is 75.9 Å². The van der Waals surface area contributed by atoms with Crippen molar-refractivity contribution in [1.29, 1.82) is 0 Å². The van der Waals surface area contributed by atoms with Crippen LogP contribution in [0.2, 0.25) is 0 Å². The first-order chi connectivity index (χ1) is 26.7. The summed E-state index contributed by atoms with van der Waals surface area (Å²) in [6.45, 7) is 17.8. The number of hydrogen-bond acceptors (Lipinski definition) is 12. The second-order valence-electron chi connectivity index (χ2n) is 15.7. The molecule has 58 heavy (non-hydrogen) atoms. The fourth-order valence-corrected chi connectivity index (χ4v) is 7.83. The highest BCUT2D eigenvalue weighted by atomic mass is 35.5. The van der Waals surface area contributed by atoms with Gasteiger partial charge in [0.05, 0.1) is 14.2 Å². The first-order valence-electron chi connectivity index (χ1n) is 19.2. The predicted molar refractivity (Wildman–Crippen MR) is 224 cm³/mol. The Labute approximate surface area is 353 Å². The van der Waals surface area contributed by atoms with Crippen molar-refractivity contribution in [3.63, 3.8) is 0 Å². The summed E-state index contributed by atoms with van der Waals surface area (Å²) in [6, 6.07) is 8.09. The number of carbonyl (C=O) groups is 4. The standard InChI is InChI=1S/C21H28N2O5.C18H23NO4.C4H7ClO.ClH/c1-13-11-14(2)16(15(3)12-13)17-18(27-20(25)22(4)5)21(28-19(17)24)7-9-23(26-6)10-8-21;1-11-9-12(2)14(13(3)10-11)15-16(20)18(23-17(15)21)5-7-19(22-4)8-6-18;1-3(2)4(5)6;/h11-12H,7-10H2,1-6H3;9-10,20H,5-8H2,1-4H3;3H,1-2H3;1H. The van der Waals surface area contributed by atoms with Crippen molar-refractivity contribution in [2.45, 2.75) is 92.3 Å². The van der Waals surface area contributed by atoms with Gasteiger partial charge in [-0.25, -0.2) is 14.4 Å². The highest BCUT2D eigenvalue weighted by Gasteiger charge is 2.53. The summed E-state index contributed by atoms with van der Waals surface area (Å²) < 4.78 is 17.3. The van der Waals surface area contributed by atoms with Crippen molar-refractivity contribution in [1.82, 2.24) is 15.0 Å². The molecular formula is C43H59Cl2N3O10. The number of ether oxygens (including phenoxy) is 3. The van der Waals surface area contributed by atoms with Crippen LogP contribution < -0.4 is 0 Å². The third-order valence-corrected chi connectivity index (χ3v) is 11.2. The number of hydrogen-bond donors (Lipinski definition) is 1. The Bertz CT molecular complexity index is 1900. The number of piperidine rings is 2. The van der Waals surface area contributed by atoms with E-state index in [0.717, 1.165) is 44.5 Å². The summed E-state index contributed by atoms with van der Waals surface area (Å²) in [5.41, 5.74) is 6.53. The minimum Gasteiger partial charge on any atom is -0.507 e. The predicted octanol–water partition coefficient (Wildman–Crippen LogP) is 7.64. The van der Waals surface area contributed by atoms with Gasteiger partial charge in [-0.3, -0.25) is 4.79 Å². The molecule has 2 saturated heterocycles. The molecule has 13 nitrogen and oxygen atoms in total. The molecule has 2 aromatic rings. The molecule has 4 aliphatic heterocycles. The SMILES string of the molecule is CC(C)C(=O)Cl.CON1CCC2(CC1)OC(=O)C(c1c(C)cc(C)cc1C)=C2O.CON1CCC2(CC1)OC(=O)C(c1c(C)cc(C)cc1C)=C2OC(=O)N(C)C.Cl. The fraction of sp³-hybridized carbons (Fsp3) is 0.535. The van der Waals surface area contributed by atoms with Gasteiger partial charge in [0.2, 0.25) is 5.24 Å². The third kappa shape index (κ3) is 10.4. The molecule has 0 bridgehead atoms. The van der Waals surface area contributed by atoms with Crippen molar-refractivity contribution < 1.29 is 48.2 Å². The molecule has 0 atom stereocenters.